The minimum absolute atomic E-state index is 0.122. The van der Waals surface area contributed by atoms with Crippen molar-refractivity contribution in [3.63, 3.8) is 0 Å². The highest BCUT2D eigenvalue weighted by atomic mass is 32.2. The molecule has 8 heteroatoms. The normalized spacial score (nSPS) is 19.0. The highest BCUT2D eigenvalue weighted by molar-refractivity contribution is 7.91. The molecule has 118 valence electrons. The van der Waals surface area contributed by atoms with Crippen molar-refractivity contribution in [2.45, 2.75) is 12.5 Å². The van der Waals surface area contributed by atoms with Gasteiger partial charge in [-0.15, -0.1) is 0 Å². The second-order valence-corrected chi connectivity index (χ2v) is 7.52. The summed E-state index contributed by atoms with van der Waals surface area (Å²) in [5.74, 6) is 1.23. The van der Waals surface area contributed by atoms with Crippen molar-refractivity contribution in [1.29, 1.82) is 5.26 Å². The zero-order valence-corrected chi connectivity index (χ0v) is 13.0. The molecular formula is C15H15N5O2S. The zero-order chi connectivity index (χ0) is 16.3. The van der Waals surface area contributed by atoms with Crippen molar-refractivity contribution >= 4 is 27.3 Å². The topological polar surface area (TPSA) is 108 Å². The maximum Gasteiger partial charge on any atom is 0.229 e. The summed E-state index contributed by atoms with van der Waals surface area (Å²) in [6.07, 6.45) is 2.16. The van der Waals surface area contributed by atoms with Crippen LogP contribution in [0.4, 0.5) is 17.5 Å². The van der Waals surface area contributed by atoms with Crippen molar-refractivity contribution < 1.29 is 8.42 Å². The van der Waals surface area contributed by atoms with Crippen molar-refractivity contribution in [1.82, 2.24) is 9.97 Å². The van der Waals surface area contributed by atoms with Gasteiger partial charge in [0.25, 0.3) is 0 Å². The number of rotatable bonds is 4. The number of sulfone groups is 1. The number of nitrogens with one attached hydrogen (secondary N) is 2. The lowest BCUT2D eigenvalue weighted by molar-refractivity contribution is 0.602. The maximum atomic E-state index is 11.5. The number of aromatic nitrogens is 2. The van der Waals surface area contributed by atoms with E-state index in [-0.39, 0.29) is 17.5 Å². The third kappa shape index (κ3) is 3.76. The van der Waals surface area contributed by atoms with Crippen LogP contribution in [0.5, 0.6) is 0 Å². The third-order valence-electron chi connectivity index (χ3n) is 3.53. The van der Waals surface area contributed by atoms with E-state index in [1.807, 2.05) is 6.07 Å². The van der Waals surface area contributed by atoms with Gasteiger partial charge in [-0.1, -0.05) is 12.1 Å². The lowest BCUT2D eigenvalue weighted by atomic mass is 10.2. The Bertz CT molecular complexity index is 860. The molecule has 0 spiro atoms. The van der Waals surface area contributed by atoms with Crippen molar-refractivity contribution in [3.8, 4) is 6.07 Å². The summed E-state index contributed by atoms with van der Waals surface area (Å²) in [6, 6.07) is 10.7. The number of benzene rings is 1. The number of nitriles is 1. The molecule has 23 heavy (non-hydrogen) atoms. The standard InChI is InChI=1S/C15H15N5O2S/c16-9-11-3-1-2-4-13(11)19-15-17-7-5-14(20-15)18-12-6-8-23(21,22)10-12/h1-5,7,12H,6,8,10H2,(H2,17,18,19,20). The van der Waals surface area contributed by atoms with Gasteiger partial charge < -0.3 is 10.6 Å². The van der Waals surface area contributed by atoms with Crippen LogP contribution in [0.1, 0.15) is 12.0 Å². The van der Waals surface area contributed by atoms with E-state index in [4.69, 9.17) is 5.26 Å². The summed E-state index contributed by atoms with van der Waals surface area (Å²) in [6.45, 7) is 0. The van der Waals surface area contributed by atoms with Gasteiger partial charge in [-0.3, -0.25) is 0 Å². The molecule has 1 aliphatic rings. The van der Waals surface area contributed by atoms with Crippen LogP contribution in [0.25, 0.3) is 0 Å². The Morgan fingerprint density at radius 3 is 2.83 bits per heavy atom. The van der Waals surface area contributed by atoms with Gasteiger partial charge in [-0.25, -0.2) is 13.4 Å². The fourth-order valence-electron chi connectivity index (χ4n) is 2.43. The fourth-order valence-corrected chi connectivity index (χ4v) is 4.10. The van der Waals surface area contributed by atoms with E-state index < -0.39 is 9.84 Å². The van der Waals surface area contributed by atoms with E-state index in [0.717, 1.165) is 0 Å². The summed E-state index contributed by atoms with van der Waals surface area (Å²) in [5, 5.41) is 15.2. The molecule has 1 aliphatic heterocycles. The van der Waals surface area contributed by atoms with Gasteiger partial charge >= 0.3 is 0 Å². The second kappa shape index (κ2) is 6.22. The minimum Gasteiger partial charge on any atom is -0.366 e. The molecule has 1 saturated heterocycles. The van der Waals surface area contributed by atoms with Gasteiger partial charge in [0, 0.05) is 12.2 Å². The smallest absolute Gasteiger partial charge is 0.229 e. The van der Waals surface area contributed by atoms with E-state index in [2.05, 4.69) is 26.7 Å². The molecule has 1 aromatic heterocycles. The van der Waals surface area contributed by atoms with Crippen molar-refractivity contribution in [3.05, 3.63) is 42.1 Å². The number of para-hydroxylation sites is 1. The molecule has 7 nitrogen and oxygen atoms in total. The van der Waals surface area contributed by atoms with E-state index in [1.54, 1.807) is 30.5 Å². The van der Waals surface area contributed by atoms with Gasteiger partial charge in [0.1, 0.15) is 11.9 Å². The first-order valence-corrected chi connectivity index (χ1v) is 8.94. The Kier molecular flexibility index (Phi) is 4.12. The molecule has 0 bridgehead atoms. The zero-order valence-electron chi connectivity index (χ0n) is 12.2. The van der Waals surface area contributed by atoms with Gasteiger partial charge in [-0.05, 0) is 24.6 Å². The highest BCUT2D eigenvalue weighted by Crippen LogP contribution is 2.20. The van der Waals surface area contributed by atoms with Crippen LogP contribution >= 0.6 is 0 Å². The van der Waals surface area contributed by atoms with Crippen LogP contribution < -0.4 is 10.6 Å². The number of anilines is 3. The first-order valence-electron chi connectivity index (χ1n) is 7.12. The van der Waals surface area contributed by atoms with E-state index in [1.165, 1.54) is 0 Å². The number of nitrogens with zero attached hydrogens (tertiary/aromatic N) is 3. The lowest BCUT2D eigenvalue weighted by Crippen LogP contribution is -2.21. The van der Waals surface area contributed by atoms with Crippen molar-refractivity contribution in [2.24, 2.45) is 0 Å². The Morgan fingerprint density at radius 2 is 2.09 bits per heavy atom. The van der Waals surface area contributed by atoms with Crippen molar-refractivity contribution in [2.75, 3.05) is 22.1 Å². The average molecular weight is 329 g/mol. The molecule has 3 rings (SSSR count). The molecule has 1 fully saturated rings. The molecule has 2 heterocycles. The molecule has 0 radical (unpaired) electrons. The molecule has 2 N–H and O–H groups in total. The predicted molar refractivity (Wildman–Crippen MR) is 87.2 cm³/mol. The van der Waals surface area contributed by atoms with Crippen LogP contribution in [-0.4, -0.2) is 35.9 Å². The van der Waals surface area contributed by atoms with E-state index in [9.17, 15) is 8.42 Å². The molecule has 0 amide bonds. The highest BCUT2D eigenvalue weighted by Gasteiger charge is 2.27. The van der Waals surface area contributed by atoms with Crippen LogP contribution in [-0.2, 0) is 9.84 Å². The lowest BCUT2D eigenvalue weighted by Gasteiger charge is -2.12. The average Bonchev–Trinajstić information content (AvgIpc) is 2.87. The second-order valence-electron chi connectivity index (χ2n) is 5.29. The first kappa shape index (κ1) is 15.2. The van der Waals surface area contributed by atoms with Gasteiger partial charge in [0.2, 0.25) is 5.95 Å². The van der Waals surface area contributed by atoms with Crippen LogP contribution in [0.3, 0.4) is 0 Å². The summed E-state index contributed by atoms with van der Waals surface area (Å²) in [5.41, 5.74) is 1.12. The fraction of sp³-hybridized carbons (Fsp3) is 0.267. The van der Waals surface area contributed by atoms with Gasteiger partial charge in [-0.2, -0.15) is 10.2 Å². The maximum absolute atomic E-state index is 11.5. The van der Waals surface area contributed by atoms with E-state index in [0.29, 0.717) is 29.4 Å². The van der Waals surface area contributed by atoms with Crippen LogP contribution in [0.15, 0.2) is 36.5 Å². The summed E-state index contributed by atoms with van der Waals surface area (Å²) in [7, 11) is -2.94. The molecular weight excluding hydrogens is 314 g/mol. The monoisotopic (exact) mass is 329 g/mol. The largest absolute Gasteiger partial charge is 0.366 e. The predicted octanol–water partition coefficient (Wildman–Crippen LogP) is 1.69. The third-order valence-corrected chi connectivity index (χ3v) is 5.30. The number of hydrogen-bond donors (Lipinski definition) is 2. The Morgan fingerprint density at radius 1 is 1.26 bits per heavy atom. The van der Waals surface area contributed by atoms with Gasteiger partial charge in [0.05, 0.1) is 22.8 Å². The first-order chi connectivity index (χ1) is 11.1. The number of hydrogen-bond acceptors (Lipinski definition) is 7. The molecule has 0 aliphatic carbocycles. The molecule has 0 saturated carbocycles. The molecule has 1 atom stereocenters. The molecule has 2 aromatic rings. The van der Waals surface area contributed by atoms with Crippen LogP contribution in [0, 0.1) is 11.3 Å². The summed E-state index contributed by atoms with van der Waals surface area (Å²) < 4.78 is 23.0. The SMILES string of the molecule is N#Cc1ccccc1Nc1nccc(NC2CCS(=O)(=O)C2)n1. The summed E-state index contributed by atoms with van der Waals surface area (Å²) in [4.78, 5) is 8.44. The molecule has 1 unspecified atom stereocenters. The Balaban J connectivity index is 1.74. The Labute approximate surface area is 134 Å². The Hall–Kier alpha value is -2.66. The van der Waals surface area contributed by atoms with E-state index >= 15 is 0 Å². The quantitative estimate of drug-likeness (QED) is 0.878. The van der Waals surface area contributed by atoms with Crippen LogP contribution in [0.2, 0.25) is 0 Å². The molecule has 1 aromatic carbocycles. The van der Waals surface area contributed by atoms with Gasteiger partial charge in [0.15, 0.2) is 9.84 Å². The minimum atomic E-state index is -2.94. The summed E-state index contributed by atoms with van der Waals surface area (Å²) >= 11 is 0.